The van der Waals surface area contributed by atoms with Gasteiger partial charge >= 0.3 is 5.92 Å². The molecule has 4 atom stereocenters. The van der Waals surface area contributed by atoms with Crippen LogP contribution < -0.4 is 36.5 Å². The van der Waals surface area contributed by atoms with Crippen molar-refractivity contribution in [3.8, 4) is 5.75 Å². The zero-order valence-electron chi connectivity index (χ0n) is 31.6. The molecule has 0 spiro atoms. The van der Waals surface area contributed by atoms with E-state index in [9.17, 15) is 14.4 Å². The number of rotatable bonds is 7. The molecule has 304 valence electrons. The largest absolute Gasteiger partial charge is 0.480 e. The third-order valence-corrected chi connectivity index (χ3v) is 12.0. The molecule has 0 bridgehead atoms. The number of hydrogen-bond acceptors (Lipinski definition) is 11. The smallest absolute Gasteiger partial charge is 0.301 e. The van der Waals surface area contributed by atoms with E-state index in [1.807, 2.05) is 11.8 Å². The number of nitrogens with zero attached hydrogens (tertiary/aromatic N) is 6. The van der Waals surface area contributed by atoms with E-state index in [0.29, 0.717) is 61.2 Å². The zero-order valence-corrected chi connectivity index (χ0v) is 32.4. The van der Waals surface area contributed by atoms with E-state index >= 15 is 17.6 Å². The fourth-order valence-electron chi connectivity index (χ4n) is 8.46. The highest BCUT2D eigenvalue weighted by Gasteiger charge is 2.51. The molecule has 6 heterocycles. The molecule has 2 aromatic carbocycles. The number of pyridine rings is 1. The number of carbonyl (C=O) groups excluding carboxylic acids is 2. The van der Waals surface area contributed by atoms with Gasteiger partial charge in [-0.25, -0.2) is 22.5 Å². The number of halogens is 5. The van der Waals surface area contributed by atoms with E-state index in [-0.39, 0.29) is 74.9 Å². The maximum Gasteiger partial charge on any atom is 0.301 e. The second kappa shape index (κ2) is 14.0. The summed E-state index contributed by atoms with van der Waals surface area (Å²) in [5, 5.41) is 16.9. The highest BCUT2D eigenvalue weighted by molar-refractivity contribution is 6.33. The molecular weight excluding hydrogens is 784 g/mol. The van der Waals surface area contributed by atoms with Crippen molar-refractivity contribution < 1.29 is 31.9 Å². The summed E-state index contributed by atoms with van der Waals surface area (Å²) in [5.74, 6) is -6.05. The maximum absolute atomic E-state index is 16.1. The molecule has 1 saturated carbocycles. The molecule has 4 aliphatic rings. The molecule has 2 amide bonds. The Labute approximate surface area is 333 Å². The highest BCUT2D eigenvalue weighted by atomic mass is 35.5. The highest BCUT2D eigenvalue weighted by Crippen LogP contribution is 2.46. The number of anilines is 5. The zero-order chi connectivity index (χ0) is 40.8. The number of alkyl halides is 2. The van der Waals surface area contributed by atoms with E-state index in [1.165, 1.54) is 28.6 Å². The van der Waals surface area contributed by atoms with Gasteiger partial charge < -0.3 is 30.2 Å². The first-order valence-electron chi connectivity index (χ1n) is 19.1. The predicted octanol–water partition coefficient (Wildman–Crippen LogP) is 5.96. The number of amides is 2. The number of benzene rings is 2. The standard InChI is InChI=1S/C39H39ClF4N10O4/c1-17-15-54(11-10-24(17)46-25-8-6-19-30(51-53(3)32(19)29(25)42)20-7-9-28(55)48-36(20)56)38-45-14-22(40)35(50-38)47-26-12-21-27(13-23(26)41)52(2)37(57)33-31(21)49-34(18-4-5-18)39(43,44)16-58-33/h6,8,12-14,17-18,20,24,34,46,49H,4-5,7,9-11,15-16H2,1-3H3,(H,45,47,50)(H,48,55,56). The summed E-state index contributed by atoms with van der Waals surface area (Å²) in [6.07, 6.45) is 3.70. The molecule has 58 heavy (non-hydrogen) atoms. The molecule has 3 fully saturated rings. The number of hydrogen-bond donors (Lipinski definition) is 4. The van der Waals surface area contributed by atoms with Gasteiger partial charge in [-0.2, -0.15) is 10.1 Å². The third-order valence-electron chi connectivity index (χ3n) is 11.8. The molecule has 14 nitrogen and oxygen atoms in total. The summed E-state index contributed by atoms with van der Waals surface area (Å²) in [6.45, 7) is 2.03. The van der Waals surface area contributed by atoms with Crippen molar-refractivity contribution in [3.63, 3.8) is 0 Å². The summed E-state index contributed by atoms with van der Waals surface area (Å²) in [5.41, 5.74) is 0.495. The number of nitrogens with one attached hydrogen (secondary N) is 4. The first kappa shape index (κ1) is 37.9. The average molecular weight is 823 g/mol. The van der Waals surface area contributed by atoms with Crippen LogP contribution in [0.3, 0.4) is 0 Å². The topological polar surface area (TPSA) is 160 Å². The Kier molecular flexibility index (Phi) is 9.16. The van der Waals surface area contributed by atoms with Gasteiger partial charge in [-0.05, 0) is 55.7 Å². The second-order valence-corrected chi connectivity index (χ2v) is 16.1. The van der Waals surface area contributed by atoms with E-state index < -0.39 is 47.6 Å². The van der Waals surface area contributed by atoms with E-state index in [1.54, 1.807) is 19.2 Å². The van der Waals surface area contributed by atoms with Crippen LogP contribution in [-0.2, 0) is 23.7 Å². The van der Waals surface area contributed by atoms with E-state index in [2.05, 4.69) is 36.3 Å². The molecule has 0 radical (unpaired) electrons. The summed E-state index contributed by atoms with van der Waals surface area (Å²) in [4.78, 5) is 48.5. The van der Waals surface area contributed by atoms with Crippen LogP contribution in [0.1, 0.15) is 50.6 Å². The van der Waals surface area contributed by atoms with Gasteiger partial charge in [-0.15, -0.1) is 0 Å². The SMILES string of the molecule is CC1CN(c2ncc(Cl)c(Nc3cc4c5c(c(=O)n(C)c4cc3F)OCC(F)(F)C(C3CC3)N5)n2)CCC1Nc1ccc2c(C3CCC(=O)NC3=O)nn(C)c2c1F. The molecule has 3 aromatic heterocycles. The first-order valence-corrected chi connectivity index (χ1v) is 19.5. The molecule has 2 saturated heterocycles. The second-order valence-electron chi connectivity index (χ2n) is 15.7. The minimum atomic E-state index is -3.24. The molecule has 4 N–H and O–H groups in total. The van der Waals surface area contributed by atoms with Gasteiger partial charge in [0.2, 0.25) is 23.5 Å². The van der Waals surface area contributed by atoms with Gasteiger partial charge in [0.15, 0.2) is 18.2 Å². The van der Waals surface area contributed by atoms with Crippen LogP contribution in [0.4, 0.5) is 46.4 Å². The Morgan fingerprint density at radius 2 is 1.83 bits per heavy atom. The quantitative estimate of drug-likeness (QED) is 0.113. The van der Waals surface area contributed by atoms with E-state index in [4.69, 9.17) is 16.3 Å². The van der Waals surface area contributed by atoms with Crippen molar-refractivity contribution in [2.75, 3.05) is 40.5 Å². The molecule has 3 aliphatic heterocycles. The summed E-state index contributed by atoms with van der Waals surface area (Å²) < 4.78 is 70.1. The van der Waals surface area contributed by atoms with Crippen LogP contribution in [0.25, 0.3) is 21.8 Å². The van der Waals surface area contributed by atoms with Crippen LogP contribution in [0.5, 0.6) is 5.75 Å². The Balaban J connectivity index is 0.938. The summed E-state index contributed by atoms with van der Waals surface area (Å²) in [6, 6.07) is 4.56. The van der Waals surface area contributed by atoms with Crippen molar-refractivity contribution >= 4 is 74.0 Å². The van der Waals surface area contributed by atoms with Crippen LogP contribution in [0.2, 0.25) is 5.02 Å². The van der Waals surface area contributed by atoms with Crippen LogP contribution in [0.15, 0.2) is 35.3 Å². The van der Waals surface area contributed by atoms with Gasteiger partial charge in [0.05, 0.1) is 46.4 Å². The lowest BCUT2D eigenvalue weighted by atomic mass is 9.92. The lowest BCUT2D eigenvalue weighted by Crippen LogP contribution is -2.46. The minimum Gasteiger partial charge on any atom is -0.480 e. The fourth-order valence-corrected chi connectivity index (χ4v) is 8.60. The lowest BCUT2D eigenvalue weighted by molar-refractivity contribution is -0.134. The Morgan fingerprint density at radius 3 is 2.57 bits per heavy atom. The normalized spacial score (nSPS) is 23.2. The fraction of sp³-hybridized carbons (Fsp3) is 0.436. The maximum atomic E-state index is 16.1. The van der Waals surface area contributed by atoms with Crippen molar-refractivity contribution in [3.05, 3.63) is 63.2 Å². The van der Waals surface area contributed by atoms with Crippen molar-refractivity contribution in [2.24, 2.45) is 25.9 Å². The van der Waals surface area contributed by atoms with Gasteiger partial charge in [-0.3, -0.25) is 24.4 Å². The number of aromatic nitrogens is 5. The number of imide groups is 1. The van der Waals surface area contributed by atoms with Gasteiger partial charge in [0, 0.05) is 56.5 Å². The number of fused-ring (bicyclic) bond motifs is 4. The van der Waals surface area contributed by atoms with Gasteiger partial charge in [0.25, 0.3) is 5.56 Å². The minimum absolute atomic E-state index is 0.0218. The Hall–Kier alpha value is -5.65. The number of piperidine rings is 2. The van der Waals surface area contributed by atoms with Crippen LogP contribution in [-0.4, -0.2) is 73.8 Å². The molecule has 19 heteroatoms. The molecular formula is C39H39ClF4N10O4. The summed E-state index contributed by atoms with van der Waals surface area (Å²) in [7, 11) is 3.04. The van der Waals surface area contributed by atoms with E-state index in [0.717, 1.165) is 6.07 Å². The number of aryl methyl sites for hydroxylation is 2. The number of ether oxygens (including phenoxy) is 1. The van der Waals surface area contributed by atoms with Crippen LogP contribution >= 0.6 is 11.6 Å². The molecule has 1 aliphatic carbocycles. The average Bonchev–Trinajstić information content (AvgIpc) is 3.98. The van der Waals surface area contributed by atoms with Gasteiger partial charge in [0.1, 0.15) is 16.4 Å². The first-order chi connectivity index (χ1) is 27.7. The number of carbonyl (C=O) groups is 2. The van der Waals surface area contributed by atoms with Crippen molar-refractivity contribution in [1.82, 2.24) is 29.6 Å². The van der Waals surface area contributed by atoms with Gasteiger partial charge in [-0.1, -0.05) is 18.5 Å². The predicted molar refractivity (Wildman–Crippen MR) is 209 cm³/mol. The van der Waals surface area contributed by atoms with Crippen LogP contribution in [0, 0.1) is 23.5 Å². The van der Waals surface area contributed by atoms with Crippen molar-refractivity contribution in [1.29, 1.82) is 0 Å². The Bertz CT molecular complexity index is 2600. The third kappa shape index (κ3) is 6.50. The molecule has 4 unspecified atom stereocenters. The van der Waals surface area contributed by atoms with Crippen molar-refractivity contribution in [2.45, 2.75) is 63.0 Å². The Morgan fingerprint density at radius 1 is 1.03 bits per heavy atom. The molecule has 9 rings (SSSR count). The lowest BCUT2D eigenvalue weighted by Gasteiger charge is -2.38. The molecule has 5 aromatic rings. The summed E-state index contributed by atoms with van der Waals surface area (Å²) >= 11 is 6.52. The monoisotopic (exact) mass is 822 g/mol.